The zero-order valence-corrected chi connectivity index (χ0v) is 13.0. The van der Waals surface area contributed by atoms with Crippen molar-refractivity contribution in [3.05, 3.63) is 0 Å². The van der Waals surface area contributed by atoms with Crippen molar-refractivity contribution in [2.24, 2.45) is 11.8 Å². The van der Waals surface area contributed by atoms with Crippen LogP contribution in [-0.4, -0.2) is 18.9 Å². The lowest BCUT2D eigenvalue weighted by Gasteiger charge is -2.28. The van der Waals surface area contributed by atoms with Gasteiger partial charge in [0, 0.05) is 12.8 Å². The van der Waals surface area contributed by atoms with Crippen molar-refractivity contribution in [3.63, 3.8) is 0 Å². The molecule has 1 aliphatic rings. The summed E-state index contributed by atoms with van der Waals surface area (Å²) >= 11 is 0. The Hall–Kier alpha value is -0.370. The first kappa shape index (κ1) is 16.7. The molecule has 1 fully saturated rings. The van der Waals surface area contributed by atoms with Crippen molar-refractivity contribution in [3.8, 4) is 0 Å². The van der Waals surface area contributed by atoms with Gasteiger partial charge in [-0.15, -0.1) is 0 Å². The van der Waals surface area contributed by atoms with Crippen molar-refractivity contribution >= 4 is 5.78 Å². The van der Waals surface area contributed by atoms with E-state index in [0.717, 1.165) is 38.3 Å². The molecule has 19 heavy (non-hydrogen) atoms. The molecule has 2 heteroatoms. The van der Waals surface area contributed by atoms with E-state index in [1.54, 1.807) is 0 Å². The fourth-order valence-electron chi connectivity index (χ4n) is 3.09. The van der Waals surface area contributed by atoms with Gasteiger partial charge >= 0.3 is 0 Å². The van der Waals surface area contributed by atoms with Crippen LogP contribution in [0.3, 0.4) is 0 Å². The number of nitrogens with one attached hydrogen (secondary N) is 1. The number of Topliss-reactive ketones (excluding diaryl/α,β-unsaturated/α-hetero) is 1. The third kappa shape index (κ3) is 7.71. The monoisotopic (exact) mass is 267 g/mol. The van der Waals surface area contributed by atoms with Crippen LogP contribution in [0.4, 0.5) is 0 Å². The van der Waals surface area contributed by atoms with Crippen LogP contribution in [0.15, 0.2) is 0 Å². The highest BCUT2D eigenvalue weighted by Crippen LogP contribution is 2.23. The molecule has 2 atom stereocenters. The molecule has 1 rings (SSSR count). The van der Waals surface area contributed by atoms with Gasteiger partial charge in [-0.2, -0.15) is 0 Å². The summed E-state index contributed by atoms with van der Waals surface area (Å²) < 4.78 is 0. The van der Waals surface area contributed by atoms with Crippen molar-refractivity contribution in [2.75, 3.05) is 13.1 Å². The number of hydrogen-bond acceptors (Lipinski definition) is 2. The van der Waals surface area contributed by atoms with Crippen LogP contribution >= 0.6 is 0 Å². The Kier molecular flexibility index (Phi) is 9.15. The van der Waals surface area contributed by atoms with Gasteiger partial charge in [0.25, 0.3) is 0 Å². The molecular formula is C17H33NO. The highest BCUT2D eigenvalue weighted by molar-refractivity contribution is 5.78. The lowest BCUT2D eigenvalue weighted by atomic mass is 9.84. The maximum Gasteiger partial charge on any atom is 0.133 e. The lowest BCUT2D eigenvalue weighted by molar-refractivity contribution is -0.120. The molecule has 112 valence electrons. The second-order valence-corrected chi connectivity index (χ2v) is 6.34. The van der Waals surface area contributed by atoms with E-state index >= 15 is 0 Å². The number of carbonyl (C=O) groups excluding carboxylic acids is 1. The Labute approximate surface area is 119 Å². The quantitative estimate of drug-likeness (QED) is 0.597. The highest BCUT2D eigenvalue weighted by atomic mass is 16.1. The number of piperidine rings is 1. The van der Waals surface area contributed by atoms with Crippen molar-refractivity contribution < 1.29 is 4.79 Å². The van der Waals surface area contributed by atoms with Crippen LogP contribution < -0.4 is 5.32 Å². The van der Waals surface area contributed by atoms with Crippen molar-refractivity contribution in [1.82, 2.24) is 5.32 Å². The predicted octanol–water partition coefficient (Wildman–Crippen LogP) is 4.33. The van der Waals surface area contributed by atoms with Gasteiger partial charge in [0.05, 0.1) is 0 Å². The third-order valence-corrected chi connectivity index (χ3v) is 4.50. The summed E-state index contributed by atoms with van der Waals surface area (Å²) in [5, 5.41) is 3.45. The molecule has 0 aliphatic carbocycles. The van der Waals surface area contributed by atoms with Crippen LogP contribution in [0, 0.1) is 11.8 Å². The predicted molar refractivity (Wildman–Crippen MR) is 82.4 cm³/mol. The molecule has 1 N–H and O–H groups in total. The molecule has 1 saturated heterocycles. The highest BCUT2D eigenvalue weighted by Gasteiger charge is 2.21. The van der Waals surface area contributed by atoms with Gasteiger partial charge in [0.15, 0.2) is 0 Å². The van der Waals surface area contributed by atoms with Gasteiger partial charge in [-0.25, -0.2) is 0 Å². The summed E-state index contributed by atoms with van der Waals surface area (Å²) in [5.74, 6) is 1.79. The Morgan fingerprint density at radius 1 is 1.21 bits per heavy atom. The second-order valence-electron chi connectivity index (χ2n) is 6.34. The summed E-state index contributed by atoms with van der Waals surface area (Å²) in [4.78, 5) is 12.0. The Bertz CT molecular complexity index is 233. The van der Waals surface area contributed by atoms with E-state index in [2.05, 4.69) is 19.2 Å². The van der Waals surface area contributed by atoms with E-state index in [4.69, 9.17) is 0 Å². The first-order valence-electron chi connectivity index (χ1n) is 8.46. The van der Waals surface area contributed by atoms with Crippen molar-refractivity contribution in [1.29, 1.82) is 0 Å². The van der Waals surface area contributed by atoms with Crippen LogP contribution in [0.25, 0.3) is 0 Å². The first-order chi connectivity index (χ1) is 9.24. The summed E-state index contributed by atoms with van der Waals surface area (Å²) in [6, 6.07) is 0. The molecule has 0 saturated carbocycles. The molecule has 0 bridgehead atoms. The zero-order chi connectivity index (χ0) is 13.9. The molecule has 0 aromatic rings. The number of rotatable bonds is 10. The van der Waals surface area contributed by atoms with Gasteiger partial charge in [0.1, 0.15) is 5.78 Å². The molecule has 1 heterocycles. The molecule has 0 aromatic carbocycles. The molecular weight excluding hydrogens is 234 g/mol. The number of hydrogen-bond donors (Lipinski definition) is 1. The van der Waals surface area contributed by atoms with E-state index in [1.165, 1.54) is 44.9 Å². The molecule has 0 amide bonds. The van der Waals surface area contributed by atoms with Gasteiger partial charge in [-0.05, 0) is 44.2 Å². The standard InChI is InChI=1S/C17H33NO/c1-3-4-5-6-7-8-11-17(19)13-15(2)16-10-9-12-18-14-16/h15-16,18H,3-14H2,1-2H3. The smallest absolute Gasteiger partial charge is 0.133 e. The van der Waals surface area contributed by atoms with E-state index in [1.807, 2.05) is 0 Å². The number of unbranched alkanes of at least 4 members (excludes halogenated alkanes) is 5. The molecule has 0 radical (unpaired) electrons. The Morgan fingerprint density at radius 3 is 2.63 bits per heavy atom. The molecule has 2 unspecified atom stereocenters. The largest absolute Gasteiger partial charge is 0.316 e. The van der Waals surface area contributed by atoms with Gasteiger partial charge < -0.3 is 5.32 Å². The summed E-state index contributed by atoms with van der Waals surface area (Å²) in [5.41, 5.74) is 0. The number of carbonyl (C=O) groups is 1. The maximum absolute atomic E-state index is 12.0. The SMILES string of the molecule is CCCCCCCCC(=O)CC(C)C1CCCNC1. The minimum absolute atomic E-state index is 0.494. The third-order valence-electron chi connectivity index (χ3n) is 4.50. The lowest BCUT2D eigenvalue weighted by Crippen LogP contribution is -2.33. The average molecular weight is 267 g/mol. The van der Waals surface area contributed by atoms with E-state index in [-0.39, 0.29) is 0 Å². The van der Waals surface area contributed by atoms with E-state index in [9.17, 15) is 4.79 Å². The molecule has 0 spiro atoms. The topological polar surface area (TPSA) is 29.1 Å². The summed E-state index contributed by atoms with van der Waals surface area (Å²) in [7, 11) is 0. The second kappa shape index (κ2) is 10.4. The fourth-order valence-corrected chi connectivity index (χ4v) is 3.09. The number of ketones is 1. The van der Waals surface area contributed by atoms with Gasteiger partial charge in [-0.1, -0.05) is 46.0 Å². The minimum Gasteiger partial charge on any atom is -0.316 e. The fraction of sp³-hybridized carbons (Fsp3) is 0.941. The van der Waals surface area contributed by atoms with Gasteiger partial charge in [0.2, 0.25) is 0 Å². The van der Waals surface area contributed by atoms with Crippen LogP contribution in [0.2, 0.25) is 0 Å². The summed E-state index contributed by atoms with van der Waals surface area (Å²) in [6.07, 6.45) is 11.9. The molecule has 1 aliphatic heterocycles. The molecule has 0 aromatic heterocycles. The van der Waals surface area contributed by atoms with Gasteiger partial charge in [-0.3, -0.25) is 4.79 Å². The maximum atomic E-state index is 12.0. The normalized spacial score (nSPS) is 21.3. The molecule has 2 nitrogen and oxygen atoms in total. The minimum atomic E-state index is 0.494. The summed E-state index contributed by atoms with van der Waals surface area (Å²) in [6.45, 7) is 6.78. The van der Waals surface area contributed by atoms with Crippen molar-refractivity contribution in [2.45, 2.75) is 78.1 Å². The zero-order valence-electron chi connectivity index (χ0n) is 13.0. The van der Waals surface area contributed by atoms with E-state index < -0.39 is 0 Å². The van der Waals surface area contributed by atoms with E-state index in [0.29, 0.717) is 11.7 Å². The van der Waals surface area contributed by atoms with Crippen LogP contribution in [0.5, 0.6) is 0 Å². The average Bonchev–Trinajstić information content (AvgIpc) is 2.43. The first-order valence-corrected chi connectivity index (χ1v) is 8.46. The van der Waals surface area contributed by atoms with Crippen LogP contribution in [-0.2, 0) is 4.79 Å². The van der Waals surface area contributed by atoms with Crippen LogP contribution in [0.1, 0.15) is 78.1 Å². The Balaban J connectivity index is 2.02. The Morgan fingerprint density at radius 2 is 1.95 bits per heavy atom.